The summed E-state index contributed by atoms with van der Waals surface area (Å²) in [6.45, 7) is 0. The fourth-order valence-corrected chi connectivity index (χ4v) is 0.683. The van der Waals surface area contributed by atoms with Crippen LogP contribution in [0.2, 0.25) is 0 Å². The summed E-state index contributed by atoms with van der Waals surface area (Å²) in [4.78, 5) is 41.6. The Kier molecular flexibility index (Phi) is 19.3. The fourth-order valence-electron chi connectivity index (χ4n) is 0.683. The second kappa shape index (κ2) is 13.8. The summed E-state index contributed by atoms with van der Waals surface area (Å²) in [7, 11) is 0. The molecule has 20 heavy (non-hydrogen) atoms. The van der Waals surface area contributed by atoms with Gasteiger partial charge in [-0.2, -0.15) is 0 Å². The van der Waals surface area contributed by atoms with Crippen LogP contribution in [0, 0.1) is 0 Å². The molecular weight excluding hydrogens is 319 g/mol. The summed E-state index contributed by atoms with van der Waals surface area (Å²) < 4.78 is 4.07. The van der Waals surface area contributed by atoms with Gasteiger partial charge in [0.25, 0.3) is 0 Å². The summed E-state index contributed by atoms with van der Waals surface area (Å²) in [6.07, 6.45) is -4.02. The number of rotatable bonds is 6. The Morgan fingerprint density at radius 1 is 0.950 bits per heavy atom. The molecule has 0 aromatic carbocycles. The Balaban J connectivity index is -0.000000427. The maximum Gasteiger partial charge on any atom is 1.00 e. The number of carboxylic acid groups (broad SMARTS) is 3. The van der Waals surface area contributed by atoms with E-state index in [0.29, 0.717) is 12.2 Å². The maximum atomic E-state index is 10.8. The molecular formula is C8H11CaNaO10. The monoisotopic (exact) mass is 330 g/mol. The Labute approximate surface area is 164 Å². The average Bonchev–Trinajstić information content (AvgIpc) is 2.21. The van der Waals surface area contributed by atoms with Gasteiger partial charge in [0.15, 0.2) is 6.10 Å². The Morgan fingerprint density at radius 2 is 1.40 bits per heavy atom. The summed E-state index contributed by atoms with van der Waals surface area (Å²) in [5, 5.41) is 33.8. The van der Waals surface area contributed by atoms with E-state index >= 15 is 0 Å². The smallest absolute Gasteiger partial charge is 0.870 e. The van der Waals surface area contributed by atoms with Crippen LogP contribution in [0.5, 0.6) is 0 Å². The largest absolute Gasteiger partial charge is 1.00 e. The van der Waals surface area contributed by atoms with E-state index in [0.717, 1.165) is 0 Å². The zero-order valence-corrected chi connectivity index (χ0v) is 11.6. The van der Waals surface area contributed by atoms with Crippen LogP contribution in [-0.4, -0.2) is 99.7 Å². The minimum atomic E-state index is -2.45. The first-order chi connectivity index (χ1) is 7.75. The van der Waals surface area contributed by atoms with Crippen molar-refractivity contribution in [3.63, 3.8) is 0 Å². The summed E-state index contributed by atoms with van der Waals surface area (Å²) >= 11 is 0. The molecule has 5 N–H and O–H groups in total. The van der Waals surface area contributed by atoms with Gasteiger partial charge in [-0.1, -0.05) is 0 Å². The van der Waals surface area contributed by atoms with Crippen LogP contribution in [-0.2, 0) is 23.9 Å². The third-order valence-corrected chi connectivity index (χ3v) is 1.39. The molecule has 0 bridgehead atoms. The number of esters is 1. The second-order valence-corrected chi connectivity index (χ2v) is 2.65. The van der Waals surface area contributed by atoms with Crippen molar-refractivity contribution in [2.45, 2.75) is 12.2 Å². The summed E-state index contributed by atoms with van der Waals surface area (Å²) in [6, 6.07) is 0. The molecule has 0 spiro atoms. The molecule has 0 aliphatic carbocycles. The Morgan fingerprint density at radius 3 is 1.70 bits per heavy atom. The molecule has 0 saturated carbocycles. The second-order valence-electron chi connectivity index (χ2n) is 2.65. The number of aliphatic hydroxyl groups is 1. The van der Waals surface area contributed by atoms with Crippen molar-refractivity contribution >= 4 is 61.6 Å². The molecule has 0 fully saturated rings. The van der Waals surface area contributed by atoms with Gasteiger partial charge in [-0.15, -0.1) is 0 Å². The molecule has 106 valence electrons. The first-order valence-electron chi connectivity index (χ1n) is 4.01. The number of carbonyl (C=O) groups excluding carboxylic acids is 1. The van der Waals surface area contributed by atoms with E-state index in [1.54, 1.807) is 0 Å². The van der Waals surface area contributed by atoms with Gasteiger partial charge in [-0.25, -0.2) is 19.2 Å². The van der Waals surface area contributed by atoms with E-state index < -0.39 is 36.1 Å². The third-order valence-electron chi connectivity index (χ3n) is 1.39. The van der Waals surface area contributed by atoms with E-state index in [1.165, 1.54) is 0 Å². The zero-order valence-electron chi connectivity index (χ0n) is 9.59. The zero-order chi connectivity index (χ0) is 13.6. The number of hydrogen-bond acceptors (Lipinski definition) is 7. The molecule has 0 aromatic rings. The van der Waals surface area contributed by atoms with Crippen LogP contribution in [0.15, 0.2) is 12.2 Å². The molecule has 0 saturated heterocycles. The van der Waals surface area contributed by atoms with E-state index in [4.69, 9.17) is 20.4 Å². The van der Waals surface area contributed by atoms with Gasteiger partial charge in [0.05, 0.1) is 0 Å². The van der Waals surface area contributed by atoms with Crippen LogP contribution in [0.1, 0.15) is 0 Å². The van der Waals surface area contributed by atoms with Crippen molar-refractivity contribution in [3.05, 3.63) is 12.2 Å². The van der Waals surface area contributed by atoms with Gasteiger partial charge >= 0.3 is 91.2 Å². The van der Waals surface area contributed by atoms with Crippen molar-refractivity contribution in [2.24, 2.45) is 0 Å². The average molecular weight is 330 g/mol. The van der Waals surface area contributed by atoms with Gasteiger partial charge in [-0.3, -0.25) is 0 Å². The van der Waals surface area contributed by atoms with Crippen LogP contribution in [0.25, 0.3) is 0 Å². The third kappa shape index (κ3) is 11.6. The molecule has 2 unspecified atom stereocenters. The molecule has 0 heterocycles. The molecule has 0 aliphatic rings. The minimum Gasteiger partial charge on any atom is -0.870 e. The van der Waals surface area contributed by atoms with E-state index in [9.17, 15) is 19.2 Å². The minimum absolute atomic E-state index is 0. The fraction of sp³-hybridized carbons (Fsp3) is 0.250. The van der Waals surface area contributed by atoms with Gasteiger partial charge in [0.1, 0.15) is 0 Å². The SMILES string of the molecule is O=C(O)/C=C\C(=O)OC(C(=O)O)C(O)C(=O)O.[CaH2].[Na+].[OH-]. The normalized spacial score (nSPS) is 11.8. The van der Waals surface area contributed by atoms with Crippen LogP contribution < -0.4 is 29.6 Å². The van der Waals surface area contributed by atoms with Crippen LogP contribution in [0.3, 0.4) is 0 Å². The number of aliphatic carboxylic acids is 3. The number of hydrogen-bond donors (Lipinski definition) is 4. The number of carbonyl (C=O) groups is 4. The Hall–Kier alpha value is -0.200. The molecule has 0 aromatic heterocycles. The van der Waals surface area contributed by atoms with Crippen LogP contribution in [0.4, 0.5) is 0 Å². The van der Waals surface area contributed by atoms with E-state index in [2.05, 4.69) is 4.74 Å². The topological polar surface area (TPSA) is 188 Å². The quantitative estimate of drug-likeness (QED) is 0.207. The summed E-state index contributed by atoms with van der Waals surface area (Å²) in [5.41, 5.74) is 0. The van der Waals surface area contributed by atoms with Crippen molar-refractivity contribution in [1.82, 2.24) is 0 Å². The van der Waals surface area contributed by atoms with E-state index in [-0.39, 0.29) is 72.8 Å². The first-order valence-corrected chi connectivity index (χ1v) is 4.01. The molecule has 0 aliphatic heterocycles. The predicted molar refractivity (Wildman–Crippen MR) is 58.4 cm³/mol. The maximum absolute atomic E-state index is 10.8. The van der Waals surface area contributed by atoms with E-state index in [1.807, 2.05) is 0 Å². The molecule has 12 heteroatoms. The van der Waals surface area contributed by atoms with Crippen molar-refractivity contribution in [1.29, 1.82) is 0 Å². The standard InChI is InChI=1S/C8H8O9.Ca.Na.H2O.2H/c9-3(10)1-2-4(11)17-6(8(15)16)5(12)7(13)14;;;;;/h1-2,5-6,12H,(H,9,10)(H,13,14)(H,15,16);;;1H2;;/q;;+1;;;/p-1/b2-1-;;;;;. The number of carboxylic acids is 3. The van der Waals surface area contributed by atoms with Crippen molar-refractivity contribution in [3.8, 4) is 0 Å². The Bertz CT molecular complexity index is 381. The van der Waals surface area contributed by atoms with Gasteiger partial charge in [-0.05, 0) is 0 Å². The van der Waals surface area contributed by atoms with Gasteiger partial charge in [0, 0.05) is 12.2 Å². The van der Waals surface area contributed by atoms with Crippen molar-refractivity contribution < 1.29 is 79.4 Å². The number of aliphatic hydroxyl groups excluding tert-OH is 1. The molecule has 0 rings (SSSR count). The summed E-state index contributed by atoms with van der Waals surface area (Å²) in [5.74, 6) is -6.66. The van der Waals surface area contributed by atoms with Gasteiger partial charge in [0.2, 0.25) is 6.10 Å². The van der Waals surface area contributed by atoms with Crippen LogP contribution >= 0.6 is 0 Å². The molecule has 0 amide bonds. The molecule has 0 radical (unpaired) electrons. The van der Waals surface area contributed by atoms with Crippen molar-refractivity contribution in [2.75, 3.05) is 0 Å². The predicted octanol–water partition coefficient (Wildman–Crippen LogP) is -6.02. The van der Waals surface area contributed by atoms with Gasteiger partial charge < -0.3 is 30.6 Å². The molecule has 2 atom stereocenters. The molecule has 10 nitrogen and oxygen atoms in total. The first kappa shape index (κ1) is 28.0. The number of ether oxygens (including phenoxy) is 1.